The molecule has 0 fully saturated rings. The average molecular weight is 368 g/mol. The van der Waals surface area contributed by atoms with Crippen molar-refractivity contribution in [3.05, 3.63) is 58.4 Å². The number of ether oxygens (including phenoxy) is 1. The van der Waals surface area contributed by atoms with Gasteiger partial charge in [-0.15, -0.1) is 0 Å². The van der Waals surface area contributed by atoms with Crippen LogP contribution in [0.15, 0.2) is 36.4 Å². The predicted molar refractivity (Wildman–Crippen MR) is 102 cm³/mol. The molecule has 138 valence electrons. The van der Waals surface area contributed by atoms with Crippen LogP contribution in [0.2, 0.25) is 5.02 Å². The van der Waals surface area contributed by atoms with Gasteiger partial charge in [0, 0.05) is 12.6 Å². The molecule has 0 radical (unpaired) electrons. The topological polar surface area (TPSA) is 41.5 Å². The summed E-state index contributed by atoms with van der Waals surface area (Å²) in [4.78, 5) is 0. The fraction of sp³-hybridized carbons (Fsp3) is 0.400. The molecule has 2 aromatic carbocycles. The highest BCUT2D eigenvalue weighted by Crippen LogP contribution is 2.26. The second kappa shape index (κ2) is 11.0. The molecular weight excluding hydrogens is 341 g/mol. The van der Waals surface area contributed by atoms with Crippen LogP contribution in [0.5, 0.6) is 11.5 Å². The van der Waals surface area contributed by atoms with Crippen LogP contribution in [0.3, 0.4) is 0 Å². The number of phenolic OH excluding ortho intramolecular Hbond substituents is 1. The van der Waals surface area contributed by atoms with Gasteiger partial charge < -0.3 is 15.2 Å². The Morgan fingerprint density at radius 1 is 1.16 bits per heavy atom. The van der Waals surface area contributed by atoms with Gasteiger partial charge in [-0.1, -0.05) is 37.6 Å². The summed E-state index contributed by atoms with van der Waals surface area (Å²) >= 11 is 5.78. The number of benzene rings is 2. The lowest BCUT2D eigenvalue weighted by molar-refractivity contribution is 0.372. The van der Waals surface area contributed by atoms with Crippen LogP contribution in [-0.2, 0) is 13.0 Å². The number of hydrogen-bond acceptors (Lipinski definition) is 3. The fourth-order valence-corrected chi connectivity index (χ4v) is 2.51. The molecule has 2 aromatic rings. The zero-order valence-electron chi connectivity index (χ0n) is 15.3. The van der Waals surface area contributed by atoms with Crippen LogP contribution >= 0.6 is 11.6 Å². The zero-order chi connectivity index (χ0) is 18.8. The average Bonchev–Trinajstić information content (AvgIpc) is 2.63. The van der Waals surface area contributed by atoms with Gasteiger partial charge in [0.15, 0.2) is 11.5 Å². The van der Waals surface area contributed by atoms with E-state index in [2.05, 4.69) is 12.2 Å². The quantitative estimate of drug-likeness (QED) is 0.694. The van der Waals surface area contributed by atoms with Crippen LogP contribution in [0.4, 0.5) is 4.39 Å². The molecule has 0 saturated carbocycles. The Morgan fingerprint density at radius 3 is 2.48 bits per heavy atom. The maximum absolute atomic E-state index is 13.1. The van der Waals surface area contributed by atoms with Crippen molar-refractivity contribution in [3.63, 3.8) is 0 Å². The molecule has 1 atom stereocenters. The van der Waals surface area contributed by atoms with Crippen molar-refractivity contribution >= 4 is 11.6 Å². The molecule has 5 heteroatoms. The van der Waals surface area contributed by atoms with Gasteiger partial charge in [-0.3, -0.25) is 0 Å². The Bertz CT molecular complexity index is 664. The molecule has 2 rings (SSSR count). The molecule has 2 N–H and O–H groups in total. The van der Waals surface area contributed by atoms with Crippen LogP contribution in [0, 0.1) is 5.82 Å². The lowest BCUT2D eigenvalue weighted by Gasteiger charge is -2.14. The first-order chi connectivity index (χ1) is 12.0. The minimum absolute atomic E-state index is 0.146. The highest BCUT2D eigenvalue weighted by atomic mass is 35.5. The first kappa shape index (κ1) is 21.3. The van der Waals surface area contributed by atoms with Crippen molar-refractivity contribution < 1.29 is 14.2 Å². The van der Waals surface area contributed by atoms with E-state index in [1.165, 1.54) is 13.2 Å². The van der Waals surface area contributed by atoms with Gasteiger partial charge in [0.05, 0.1) is 12.1 Å². The highest BCUT2D eigenvalue weighted by Gasteiger charge is 2.07. The molecule has 0 aliphatic carbocycles. The minimum atomic E-state index is -0.398. The van der Waals surface area contributed by atoms with Gasteiger partial charge in [0.25, 0.3) is 0 Å². The van der Waals surface area contributed by atoms with Gasteiger partial charge in [-0.2, -0.15) is 0 Å². The highest BCUT2D eigenvalue weighted by molar-refractivity contribution is 6.30. The number of aryl methyl sites for hydroxylation is 1. The molecule has 0 spiro atoms. The number of rotatable bonds is 7. The summed E-state index contributed by atoms with van der Waals surface area (Å²) in [5.74, 6) is 0.240. The molecule has 0 heterocycles. The smallest absolute Gasteiger partial charge is 0.160 e. The van der Waals surface area contributed by atoms with Crippen LogP contribution in [-0.4, -0.2) is 18.3 Å². The van der Waals surface area contributed by atoms with Crippen molar-refractivity contribution in [3.8, 4) is 11.5 Å². The number of nitrogens with one attached hydrogen (secondary N) is 1. The van der Waals surface area contributed by atoms with Crippen molar-refractivity contribution in [2.75, 3.05) is 7.11 Å². The maximum atomic E-state index is 13.1. The normalized spacial score (nSPS) is 11.4. The van der Waals surface area contributed by atoms with E-state index in [0.29, 0.717) is 18.3 Å². The van der Waals surface area contributed by atoms with Gasteiger partial charge in [-0.05, 0) is 55.2 Å². The summed E-state index contributed by atoms with van der Waals surface area (Å²) in [6, 6.07) is 10.4. The molecule has 0 aliphatic rings. The molecule has 0 bridgehead atoms. The van der Waals surface area contributed by atoms with E-state index in [-0.39, 0.29) is 10.8 Å². The Labute approximate surface area is 154 Å². The Kier molecular flexibility index (Phi) is 9.32. The van der Waals surface area contributed by atoms with E-state index in [4.69, 9.17) is 16.3 Å². The molecular formula is C20H27ClFNO2. The van der Waals surface area contributed by atoms with Gasteiger partial charge in [0.2, 0.25) is 0 Å². The van der Waals surface area contributed by atoms with Crippen molar-refractivity contribution in [1.82, 2.24) is 5.32 Å². The van der Waals surface area contributed by atoms with E-state index in [1.54, 1.807) is 18.2 Å². The third-order valence-corrected chi connectivity index (χ3v) is 4.04. The summed E-state index contributed by atoms with van der Waals surface area (Å²) < 4.78 is 18.2. The first-order valence-electron chi connectivity index (χ1n) is 8.52. The standard InChI is InChI=1S/C18H21ClFNO2.C2H6/c1-12(21-11-14-5-7-16(20)15(19)9-14)3-4-13-6-8-17(22)18(10-13)23-2;1-2/h5-10,12,21-22H,3-4,11H2,1-2H3;1-2H3. The summed E-state index contributed by atoms with van der Waals surface area (Å²) in [6.07, 6.45) is 1.80. The van der Waals surface area contributed by atoms with Crippen LogP contribution in [0.25, 0.3) is 0 Å². The molecule has 0 aromatic heterocycles. The summed E-state index contributed by atoms with van der Waals surface area (Å²) in [5.41, 5.74) is 2.06. The molecule has 0 aliphatic heterocycles. The Balaban J connectivity index is 0.00000151. The van der Waals surface area contributed by atoms with E-state index in [0.717, 1.165) is 24.0 Å². The summed E-state index contributed by atoms with van der Waals surface area (Å²) in [5, 5.41) is 13.1. The van der Waals surface area contributed by atoms with E-state index < -0.39 is 5.82 Å². The molecule has 3 nitrogen and oxygen atoms in total. The predicted octanol–water partition coefficient (Wildman–Crippen LogP) is 5.33. The van der Waals surface area contributed by atoms with E-state index in [9.17, 15) is 9.50 Å². The molecule has 1 unspecified atom stereocenters. The molecule has 25 heavy (non-hydrogen) atoms. The van der Waals surface area contributed by atoms with E-state index >= 15 is 0 Å². The SMILES string of the molecule is CC.COc1cc(CCC(C)NCc2ccc(F)c(Cl)c2)ccc1O. The van der Waals surface area contributed by atoms with Crippen LogP contribution < -0.4 is 10.1 Å². The summed E-state index contributed by atoms with van der Waals surface area (Å²) in [6.45, 7) is 6.74. The second-order valence-corrected chi connectivity index (χ2v) is 5.98. The minimum Gasteiger partial charge on any atom is -0.504 e. The number of aromatic hydroxyl groups is 1. The number of hydrogen-bond donors (Lipinski definition) is 2. The number of halogens is 2. The lowest BCUT2D eigenvalue weighted by atomic mass is 10.1. The lowest BCUT2D eigenvalue weighted by Crippen LogP contribution is -2.26. The zero-order valence-corrected chi connectivity index (χ0v) is 16.0. The van der Waals surface area contributed by atoms with Gasteiger partial charge >= 0.3 is 0 Å². The maximum Gasteiger partial charge on any atom is 0.160 e. The van der Waals surface area contributed by atoms with Crippen molar-refractivity contribution in [2.24, 2.45) is 0 Å². The van der Waals surface area contributed by atoms with Crippen LogP contribution in [0.1, 0.15) is 38.3 Å². The Hall–Kier alpha value is -1.78. The molecule has 0 saturated heterocycles. The monoisotopic (exact) mass is 367 g/mol. The third-order valence-electron chi connectivity index (χ3n) is 3.75. The van der Waals surface area contributed by atoms with E-state index in [1.807, 2.05) is 26.0 Å². The van der Waals surface area contributed by atoms with Gasteiger partial charge in [0.1, 0.15) is 5.82 Å². The second-order valence-electron chi connectivity index (χ2n) is 5.58. The van der Waals surface area contributed by atoms with Crippen molar-refractivity contribution in [1.29, 1.82) is 0 Å². The fourth-order valence-electron chi connectivity index (χ4n) is 2.30. The van der Waals surface area contributed by atoms with Crippen molar-refractivity contribution in [2.45, 2.75) is 46.2 Å². The Morgan fingerprint density at radius 2 is 1.84 bits per heavy atom. The third kappa shape index (κ3) is 6.92. The molecule has 0 amide bonds. The first-order valence-corrected chi connectivity index (χ1v) is 8.90. The number of methoxy groups -OCH3 is 1. The van der Waals surface area contributed by atoms with Gasteiger partial charge in [-0.25, -0.2) is 4.39 Å². The largest absolute Gasteiger partial charge is 0.504 e. The number of phenols is 1. The summed E-state index contributed by atoms with van der Waals surface area (Å²) in [7, 11) is 1.54.